The normalized spacial score (nSPS) is 10.6. The zero-order valence-electron chi connectivity index (χ0n) is 14.3. The first-order valence-corrected chi connectivity index (χ1v) is 8.21. The molecule has 0 saturated heterocycles. The summed E-state index contributed by atoms with van der Waals surface area (Å²) in [6.07, 6.45) is 0.581. The zero-order valence-corrected chi connectivity index (χ0v) is 15.1. The Kier molecular flexibility index (Phi) is 5.99. The van der Waals surface area contributed by atoms with E-state index in [0.29, 0.717) is 6.42 Å². The minimum atomic E-state index is -0.835. The first-order valence-electron chi connectivity index (χ1n) is 7.83. The van der Waals surface area contributed by atoms with E-state index in [-0.39, 0.29) is 28.5 Å². The van der Waals surface area contributed by atoms with Gasteiger partial charge in [-0.2, -0.15) is 0 Å². The molecule has 2 rings (SSSR count). The monoisotopic (exact) mass is 379 g/mol. The molecule has 0 bridgehead atoms. The van der Waals surface area contributed by atoms with Gasteiger partial charge in [0.2, 0.25) is 5.78 Å². The van der Waals surface area contributed by atoms with Crippen LogP contribution in [0.15, 0.2) is 33.9 Å². The Labute approximate surface area is 153 Å². The summed E-state index contributed by atoms with van der Waals surface area (Å²) in [5.74, 6) is -1.84. The third-order valence-electron chi connectivity index (χ3n) is 3.74. The van der Waals surface area contributed by atoms with Crippen LogP contribution in [0.25, 0.3) is 0 Å². The average molecular weight is 380 g/mol. The van der Waals surface area contributed by atoms with E-state index in [0.717, 1.165) is 9.13 Å². The van der Waals surface area contributed by atoms with E-state index in [9.17, 15) is 19.2 Å². The number of halogens is 1. The number of ketones is 1. The molecule has 2 N–H and O–H groups in total. The van der Waals surface area contributed by atoms with Gasteiger partial charge < -0.3 is 10.5 Å². The van der Waals surface area contributed by atoms with Crippen molar-refractivity contribution in [3.8, 4) is 0 Å². The first kappa shape index (κ1) is 19.5. The van der Waals surface area contributed by atoms with E-state index in [1.807, 2.05) is 6.92 Å². The first-order chi connectivity index (χ1) is 12.3. The number of esters is 1. The summed E-state index contributed by atoms with van der Waals surface area (Å²) < 4.78 is 6.89. The Morgan fingerprint density at radius 2 is 1.88 bits per heavy atom. The van der Waals surface area contributed by atoms with Gasteiger partial charge in [0, 0.05) is 13.6 Å². The molecule has 0 amide bonds. The van der Waals surface area contributed by atoms with Crippen LogP contribution < -0.4 is 17.0 Å². The predicted octanol–water partition coefficient (Wildman–Crippen LogP) is 1.23. The molecule has 8 nitrogen and oxygen atoms in total. The number of nitrogens with zero attached hydrogens (tertiary/aromatic N) is 2. The average Bonchev–Trinajstić information content (AvgIpc) is 2.62. The maximum Gasteiger partial charge on any atom is 0.340 e. The van der Waals surface area contributed by atoms with E-state index in [1.165, 1.54) is 19.2 Å². The smallest absolute Gasteiger partial charge is 0.340 e. The number of Topliss-reactive ketones (excluding diaryl/α,β-unsaturated/α-hetero) is 1. The Morgan fingerprint density at radius 1 is 1.23 bits per heavy atom. The predicted molar refractivity (Wildman–Crippen MR) is 96.7 cm³/mol. The van der Waals surface area contributed by atoms with Crippen LogP contribution in [0.1, 0.15) is 34.1 Å². The van der Waals surface area contributed by atoms with Crippen LogP contribution >= 0.6 is 11.6 Å². The van der Waals surface area contributed by atoms with Gasteiger partial charge in [0.15, 0.2) is 6.61 Å². The molecular formula is C17H18ClN3O5. The van der Waals surface area contributed by atoms with Crippen molar-refractivity contribution in [1.29, 1.82) is 0 Å². The summed E-state index contributed by atoms with van der Waals surface area (Å²) in [6.45, 7) is 1.37. The molecule has 138 valence electrons. The Balaban J connectivity index is 2.30. The second-order valence-electron chi connectivity index (χ2n) is 5.54. The van der Waals surface area contributed by atoms with Gasteiger partial charge in [0.25, 0.3) is 5.56 Å². The molecule has 1 heterocycles. The van der Waals surface area contributed by atoms with Crippen LogP contribution in [0.3, 0.4) is 0 Å². The molecule has 9 heteroatoms. The molecule has 0 spiro atoms. The quantitative estimate of drug-likeness (QED) is 0.596. The van der Waals surface area contributed by atoms with Crippen molar-refractivity contribution >= 4 is 29.2 Å². The highest BCUT2D eigenvalue weighted by Crippen LogP contribution is 2.16. The number of aromatic nitrogens is 2. The number of nitrogen functional groups attached to an aromatic ring is 1. The number of rotatable bonds is 6. The van der Waals surface area contributed by atoms with Gasteiger partial charge in [-0.05, 0) is 18.6 Å². The molecule has 0 radical (unpaired) electrons. The highest BCUT2D eigenvalue weighted by Gasteiger charge is 2.23. The summed E-state index contributed by atoms with van der Waals surface area (Å²) >= 11 is 5.90. The molecule has 1 aromatic heterocycles. The number of carbonyl (C=O) groups excluding carboxylic acids is 2. The lowest BCUT2D eigenvalue weighted by atomic mass is 10.2. The lowest BCUT2D eigenvalue weighted by Crippen LogP contribution is -2.43. The van der Waals surface area contributed by atoms with E-state index in [2.05, 4.69) is 0 Å². The van der Waals surface area contributed by atoms with Crippen LogP contribution in [-0.4, -0.2) is 27.5 Å². The maximum absolute atomic E-state index is 12.4. The highest BCUT2D eigenvalue weighted by molar-refractivity contribution is 6.33. The van der Waals surface area contributed by atoms with Crippen molar-refractivity contribution in [1.82, 2.24) is 9.13 Å². The molecule has 2 aromatic rings. The topological polar surface area (TPSA) is 113 Å². The van der Waals surface area contributed by atoms with E-state index in [4.69, 9.17) is 22.1 Å². The fourth-order valence-corrected chi connectivity index (χ4v) is 2.61. The minimum absolute atomic E-state index is 0.0961. The number of hydrogen-bond acceptors (Lipinski definition) is 6. The van der Waals surface area contributed by atoms with Gasteiger partial charge in [0.1, 0.15) is 11.4 Å². The van der Waals surface area contributed by atoms with Crippen LogP contribution in [-0.2, 0) is 18.3 Å². The summed E-state index contributed by atoms with van der Waals surface area (Å²) in [5, 5.41) is 0.178. The summed E-state index contributed by atoms with van der Waals surface area (Å²) in [6, 6.07) is 6.20. The minimum Gasteiger partial charge on any atom is -0.454 e. The number of hydrogen-bond donors (Lipinski definition) is 1. The number of ether oxygens (including phenoxy) is 1. The highest BCUT2D eigenvalue weighted by atomic mass is 35.5. The molecular weight excluding hydrogens is 362 g/mol. The Morgan fingerprint density at radius 3 is 2.50 bits per heavy atom. The third kappa shape index (κ3) is 3.70. The van der Waals surface area contributed by atoms with Crippen LogP contribution in [0.5, 0.6) is 0 Å². The van der Waals surface area contributed by atoms with Gasteiger partial charge in [0.05, 0.1) is 10.6 Å². The fraction of sp³-hybridized carbons (Fsp3) is 0.294. The van der Waals surface area contributed by atoms with E-state index >= 15 is 0 Å². The molecule has 1 aromatic carbocycles. The molecule has 0 fully saturated rings. The van der Waals surface area contributed by atoms with Gasteiger partial charge in [-0.1, -0.05) is 30.7 Å². The zero-order chi connectivity index (χ0) is 19.4. The summed E-state index contributed by atoms with van der Waals surface area (Å²) in [7, 11) is 1.25. The molecule has 0 aliphatic carbocycles. The Bertz CT molecular complexity index is 977. The lowest BCUT2D eigenvalue weighted by molar-refractivity contribution is 0.0474. The second kappa shape index (κ2) is 8.01. The van der Waals surface area contributed by atoms with Gasteiger partial charge in [-0.15, -0.1) is 0 Å². The van der Waals surface area contributed by atoms with Gasteiger partial charge >= 0.3 is 11.7 Å². The van der Waals surface area contributed by atoms with Crippen molar-refractivity contribution in [3.63, 3.8) is 0 Å². The van der Waals surface area contributed by atoms with Crippen LogP contribution in [0.4, 0.5) is 5.82 Å². The van der Waals surface area contributed by atoms with E-state index in [1.54, 1.807) is 12.1 Å². The molecule has 0 unspecified atom stereocenters. The van der Waals surface area contributed by atoms with Crippen molar-refractivity contribution in [2.45, 2.75) is 19.9 Å². The molecule has 0 aliphatic rings. The second-order valence-corrected chi connectivity index (χ2v) is 5.94. The number of carbonyl (C=O) groups is 2. The van der Waals surface area contributed by atoms with Crippen molar-refractivity contribution in [2.24, 2.45) is 7.05 Å². The van der Waals surface area contributed by atoms with Crippen molar-refractivity contribution in [2.75, 3.05) is 12.3 Å². The standard InChI is InChI=1S/C17H18ClN3O5/c1-3-8-21-14(19)13(15(23)20(2)17(21)25)12(22)9-26-16(24)10-6-4-5-7-11(10)18/h4-7H,3,8-9,19H2,1-2H3. The van der Waals surface area contributed by atoms with Crippen LogP contribution in [0, 0.1) is 0 Å². The molecule has 0 aliphatic heterocycles. The largest absolute Gasteiger partial charge is 0.454 e. The summed E-state index contributed by atoms with van der Waals surface area (Å²) in [5.41, 5.74) is 4.12. The molecule has 26 heavy (non-hydrogen) atoms. The molecule has 0 atom stereocenters. The maximum atomic E-state index is 12.4. The van der Waals surface area contributed by atoms with Gasteiger partial charge in [-0.25, -0.2) is 9.59 Å². The molecule has 0 saturated carbocycles. The van der Waals surface area contributed by atoms with Crippen molar-refractivity contribution < 1.29 is 14.3 Å². The number of nitrogens with two attached hydrogens (primary N) is 1. The third-order valence-corrected chi connectivity index (χ3v) is 4.07. The van der Waals surface area contributed by atoms with Crippen molar-refractivity contribution in [3.05, 3.63) is 61.3 Å². The summed E-state index contributed by atoms with van der Waals surface area (Å²) in [4.78, 5) is 48.8. The fourth-order valence-electron chi connectivity index (χ4n) is 2.39. The van der Waals surface area contributed by atoms with E-state index < -0.39 is 29.6 Å². The van der Waals surface area contributed by atoms with Gasteiger partial charge in [-0.3, -0.25) is 18.7 Å². The Hall–Kier alpha value is -2.87. The SMILES string of the molecule is CCCn1c(N)c(C(=O)COC(=O)c2ccccc2Cl)c(=O)n(C)c1=O. The number of benzene rings is 1. The number of anilines is 1. The lowest BCUT2D eigenvalue weighted by Gasteiger charge is -2.14. The van der Waals surface area contributed by atoms with Crippen LogP contribution in [0.2, 0.25) is 5.02 Å².